The second-order valence-corrected chi connectivity index (χ2v) is 6.51. The van der Waals surface area contributed by atoms with Gasteiger partial charge in [0.1, 0.15) is 17.3 Å². The summed E-state index contributed by atoms with van der Waals surface area (Å²) in [5, 5.41) is 5.88. The van der Waals surface area contributed by atoms with Crippen LogP contribution in [0.4, 0.5) is 15.9 Å². The van der Waals surface area contributed by atoms with Crippen LogP contribution in [0.25, 0.3) is 11.4 Å². The van der Waals surface area contributed by atoms with Gasteiger partial charge in [0.05, 0.1) is 0 Å². The third-order valence-corrected chi connectivity index (χ3v) is 4.26. The zero-order chi connectivity index (χ0) is 20.8. The van der Waals surface area contributed by atoms with Crippen LogP contribution in [0.5, 0.6) is 0 Å². The van der Waals surface area contributed by atoms with Gasteiger partial charge in [-0.1, -0.05) is 42.5 Å². The minimum Gasteiger partial charge on any atom is -0.347 e. The van der Waals surface area contributed by atoms with E-state index in [1.165, 1.54) is 18.2 Å². The first-order valence-electron chi connectivity index (χ1n) is 9.31. The SMILES string of the molecule is O=C(NCc1cccnc1)c1cc(Nc2cccc(F)c2)nc(-c2ccccc2)n1. The number of hydrogen-bond donors (Lipinski definition) is 2. The van der Waals surface area contributed by atoms with Crippen LogP contribution in [0.1, 0.15) is 16.1 Å². The fourth-order valence-corrected chi connectivity index (χ4v) is 2.83. The average Bonchev–Trinajstić information content (AvgIpc) is 2.78. The fourth-order valence-electron chi connectivity index (χ4n) is 2.83. The fraction of sp³-hybridized carbons (Fsp3) is 0.0435. The summed E-state index contributed by atoms with van der Waals surface area (Å²) in [6.45, 7) is 0.323. The van der Waals surface area contributed by atoms with Crippen LogP contribution >= 0.6 is 0 Å². The molecule has 0 aliphatic heterocycles. The monoisotopic (exact) mass is 399 g/mol. The summed E-state index contributed by atoms with van der Waals surface area (Å²) in [7, 11) is 0. The molecule has 0 spiro atoms. The van der Waals surface area contributed by atoms with Gasteiger partial charge >= 0.3 is 0 Å². The number of pyridine rings is 1. The number of amides is 1. The molecule has 0 fully saturated rings. The van der Waals surface area contributed by atoms with Crippen LogP contribution < -0.4 is 10.6 Å². The highest BCUT2D eigenvalue weighted by molar-refractivity contribution is 5.93. The van der Waals surface area contributed by atoms with Crippen molar-refractivity contribution in [2.45, 2.75) is 6.54 Å². The topological polar surface area (TPSA) is 79.8 Å². The van der Waals surface area contributed by atoms with E-state index in [4.69, 9.17) is 0 Å². The van der Waals surface area contributed by atoms with Crippen molar-refractivity contribution >= 4 is 17.4 Å². The van der Waals surface area contributed by atoms with Crippen molar-refractivity contribution < 1.29 is 9.18 Å². The lowest BCUT2D eigenvalue weighted by molar-refractivity contribution is 0.0946. The van der Waals surface area contributed by atoms with Crippen LogP contribution in [-0.2, 0) is 6.54 Å². The Morgan fingerprint density at radius 3 is 2.57 bits per heavy atom. The summed E-state index contributed by atoms with van der Waals surface area (Å²) in [5.41, 5.74) is 2.36. The standard InChI is InChI=1S/C23H18FN5O/c24-18-9-4-10-19(12-18)27-21-13-20(23(30)26-15-16-6-5-11-25-14-16)28-22(29-21)17-7-2-1-3-8-17/h1-14H,15H2,(H,26,30)(H,27,28,29). The first-order chi connectivity index (χ1) is 14.7. The van der Waals surface area contributed by atoms with Crippen molar-refractivity contribution in [3.05, 3.63) is 102 Å². The quantitative estimate of drug-likeness (QED) is 0.504. The molecule has 2 N–H and O–H groups in total. The molecule has 30 heavy (non-hydrogen) atoms. The molecule has 1 amide bonds. The van der Waals surface area contributed by atoms with E-state index in [1.54, 1.807) is 30.6 Å². The van der Waals surface area contributed by atoms with Gasteiger partial charge in [-0.15, -0.1) is 0 Å². The summed E-state index contributed by atoms with van der Waals surface area (Å²) in [6.07, 6.45) is 3.36. The van der Waals surface area contributed by atoms with Crippen LogP contribution in [0.15, 0.2) is 85.2 Å². The summed E-state index contributed by atoms with van der Waals surface area (Å²) in [6, 6.07) is 20.6. The van der Waals surface area contributed by atoms with E-state index in [2.05, 4.69) is 25.6 Å². The lowest BCUT2D eigenvalue weighted by atomic mass is 10.2. The van der Waals surface area contributed by atoms with Crippen molar-refractivity contribution in [2.24, 2.45) is 0 Å². The van der Waals surface area contributed by atoms with Gasteiger partial charge in [0, 0.05) is 36.3 Å². The molecule has 4 aromatic rings. The van der Waals surface area contributed by atoms with Gasteiger partial charge in [0.15, 0.2) is 5.82 Å². The molecule has 2 aromatic heterocycles. The third-order valence-electron chi connectivity index (χ3n) is 4.26. The predicted octanol–water partition coefficient (Wildman–Crippen LogP) is 4.35. The first-order valence-corrected chi connectivity index (χ1v) is 9.31. The number of nitrogens with zero attached hydrogens (tertiary/aromatic N) is 3. The highest BCUT2D eigenvalue weighted by atomic mass is 19.1. The Bertz CT molecular complexity index is 1150. The third kappa shape index (κ3) is 4.82. The predicted molar refractivity (Wildman–Crippen MR) is 113 cm³/mol. The molecule has 0 saturated carbocycles. The molecular formula is C23H18FN5O. The number of carbonyl (C=O) groups is 1. The molecule has 0 aliphatic carbocycles. The van der Waals surface area contributed by atoms with Gasteiger partial charge in [0.2, 0.25) is 0 Å². The van der Waals surface area contributed by atoms with Gasteiger partial charge in [-0.2, -0.15) is 0 Å². The molecular weight excluding hydrogens is 381 g/mol. The molecule has 4 rings (SSSR count). The summed E-state index contributed by atoms with van der Waals surface area (Å²) in [5.74, 6) is 0.0667. The summed E-state index contributed by atoms with van der Waals surface area (Å²) >= 11 is 0. The van der Waals surface area contributed by atoms with E-state index < -0.39 is 0 Å². The van der Waals surface area contributed by atoms with Gasteiger partial charge in [0.25, 0.3) is 5.91 Å². The van der Waals surface area contributed by atoms with E-state index in [1.807, 2.05) is 36.4 Å². The highest BCUT2D eigenvalue weighted by Gasteiger charge is 2.13. The zero-order valence-corrected chi connectivity index (χ0v) is 15.9. The van der Waals surface area contributed by atoms with E-state index in [0.29, 0.717) is 23.9 Å². The van der Waals surface area contributed by atoms with Crippen molar-refractivity contribution in [3.63, 3.8) is 0 Å². The average molecular weight is 399 g/mol. The van der Waals surface area contributed by atoms with Gasteiger partial charge < -0.3 is 10.6 Å². The Labute approximate surface area is 172 Å². The van der Waals surface area contributed by atoms with E-state index >= 15 is 0 Å². The number of rotatable bonds is 6. The molecule has 0 unspecified atom stereocenters. The number of carbonyl (C=O) groups excluding carboxylic acids is 1. The maximum absolute atomic E-state index is 13.5. The smallest absolute Gasteiger partial charge is 0.270 e. The minimum atomic E-state index is -0.369. The second kappa shape index (κ2) is 8.91. The van der Waals surface area contributed by atoms with E-state index in [0.717, 1.165) is 11.1 Å². The van der Waals surface area contributed by atoms with Crippen molar-refractivity contribution in [1.29, 1.82) is 0 Å². The number of halogens is 1. The Kier molecular flexibility index (Phi) is 5.70. The van der Waals surface area contributed by atoms with Crippen molar-refractivity contribution in [2.75, 3.05) is 5.32 Å². The minimum absolute atomic E-state index is 0.201. The largest absolute Gasteiger partial charge is 0.347 e. The first kappa shape index (κ1) is 19.2. The van der Waals surface area contributed by atoms with Crippen molar-refractivity contribution in [3.8, 4) is 11.4 Å². The molecule has 0 saturated heterocycles. The van der Waals surface area contributed by atoms with E-state index in [-0.39, 0.29) is 17.4 Å². The van der Waals surface area contributed by atoms with Crippen LogP contribution in [0.2, 0.25) is 0 Å². The van der Waals surface area contributed by atoms with Crippen LogP contribution in [0, 0.1) is 5.82 Å². The Balaban J connectivity index is 1.63. The number of nitrogens with one attached hydrogen (secondary N) is 2. The van der Waals surface area contributed by atoms with E-state index in [9.17, 15) is 9.18 Å². The van der Waals surface area contributed by atoms with Gasteiger partial charge in [-0.3, -0.25) is 9.78 Å². The van der Waals surface area contributed by atoms with Crippen molar-refractivity contribution in [1.82, 2.24) is 20.3 Å². The molecule has 2 heterocycles. The molecule has 0 aliphatic rings. The van der Waals surface area contributed by atoms with Crippen LogP contribution in [-0.4, -0.2) is 20.9 Å². The zero-order valence-electron chi connectivity index (χ0n) is 15.9. The van der Waals surface area contributed by atoms with Crippen LogP contribution in [0.3, 0.4) is 0 Å². The lowest BCUT2D eigenvalue weighted by Gasteiger charge is -2.11. The van der Waals surface area contributed by atoms with Gasteiger partial charge in [-0.05, 0) is 29.8 Å². The molecule has 0 atom stereocenters. The van der Waals surface area contributed by atoms with Gasteiger partial charge in [-0.25, -0.2) is 14.4 Å². The molecule has 6 nitrogen and oxygen atoms in total. The maximum atomic E-state index is 13.5. The second-order valence-electron chi connectivity index (χ2n) is 6.51. The molecule has 0 radical (unpaired) electrons. The number of hydrogen-bond acceptors (Lipinski definition) is 5. The number of benzene rings is 2. The Morgan fingerprint density at radius 2 is 1.80 bits per heavy atom. The normalized spacial score (nSPS) is 10.4. The molecule has 2 aromatic carbocycles. The maximum Gasteiger partial charge on any atom is 0.270 e. The highest BCUT2D eigenvalue weighted by Crippen LogP contribution is 2.21. The molecule has 7 heteroatoms. The lowest BCUT2D eigenvalue weighted by Crippen LogP contribution is -2.24. The Morgan fingerprint density at radius 1 is 0.933 bits per heavy atom. The molecule has 0 bridgehead atoms. The summed E-state index contributed by atoms with van der Waals surface area (Å²) < 4.78 is 13.5. The number of anilines is 2. The Hall–Kier alpha value is -4.13. The number of aromatic nitrogens is 3. The summed E-state index contributed by atoms with van der Waals surface area (Å²) in [4.78, 5) is 25.7. The molecule has 148 valence electrons.